The van der Waals surface area contributed by atoms with Gasteiger partial charge in [0, 0.05) is 21.4 Å². The van der Waals surface area contributed by atoms with Gasteiger partial charge in [-0.3, -0.25) is 19.0 Å². The van der Waals surface area contributed by atoms with Crippen LogP contribution in [-0.4, -0.2) is 33.1 Å². The zero-order chi connectivity index (χ0) is 20.5. The van der Waals surface area contributed by atoms with Gasteiger partial charge in [0.15, 0.2) is 6.10 Å². The van der Waals surface area contributed by atoms with Crippen LogP contribution in [0.4, 0.5) is 0 Å². The van der Waals surface area contributed by atoms with Gasteiger partial charge >= 0.3 is 5.97 Å². The third kappa shape index (κ3) is 4.48. The van der Waals surface area contributed by atoms with Gasteiger partial charge in [0.2, 0.25) is 0 Å². The van der Waals surface area contributed by atoms with E-state index in [4.69, 9.17) is 4.74 Å². The van der Waals surface area contributed by atoms with E-state index in [0.717, 1.165) is 10.4 Å². The Labute approximate surface area is 170 Å². The summed E-state index contributed by atoms with van der Waals surface area (Å²) in [6.45, 7) is 6.70. The Morgan fingerprint density at radius 3 is 2.71 bits per heavy atom. The normalized spacial score (nSPS) is 12.7. The smallest absolute Gasteiger partial charge is 0.326 e. The van der Waals surface area contributed by atoms with Crippen LogP contribution >= 0.6 is 22.7 Å². The van der Waals surface area contributed by atoms with Crippen molar-refractivity contribution in [2.24, 2.45) is 0 Å². The maximum Gasteiger partial charge on any atom is 0.326 e. The maximum atomic E-state index is 12.9. The summed E-state index contributed by atoms with van der Waals surface area (Å²) in [5.41, 5.74) is 0.0763. The zero-order valence-corrected chi connectivity index (χ0v) is 17.6. The van der Waals surface area contributed by atoms with E-state index in [0.29, 0.717) is 10.2 Å². The molecule has 0 saturated carbocycles. The molecule has 0 aliphatic carbocycles. The molecule has 148 valence electrons. The van der Waals surface area contributed by atoms with Crippen molar-refractivity contribution >= 4 is 44.8 Å². The number of carbonyl (C=O) groups excluding carboxylic acids is 2. The van der Waals surface area contributed by atoms with E-state index in [1.54, 1.807) is 0 Å². The molecule has 0 saturated heterocycles. The summed E-state index contributed by atoms with van der Waals surface area (Å²) in [4.78, 5) is 43.1. The van der Waals surface area contributed by atoms with Crippen molar-refractivity contribution in [1.82, 2.24) is 14.9 Å². The van der Waals surface area contributed by atoms with Gasteiger partial charge in [-0.05, 0) is 39.1 Å². The summed E-state index contributed by atoms with van der Waals surface area (Å²) >= 11 is 2.92. The number of rotatable bonds is 5. The Morgan fingerprint density at radius 1 is 1.32 bits per heavy atom. The molecule has 1 atom stereocenters. The lowest BCUT2D eigenvalue weighted by molar-refractivity contribution is -0.156. The van der Waals surface area contributed by atoms with Gasteiger partial charge in [0.1, 0.15) is 11.4 Å². The molecule has 3 aromatic rings. The number of ether oxygens (including phenoxy) is 1. The minimum atomic E-state index is -0.957. The third-order valence-electron chi connectivity index (χ3n) is 3.82. The van der Waals surface area contributed by atoms with Gasteiger partial charge in [-0.1, -0.05) is 6.07 Å². The van der Waals surface area contributed by atoms with Crippen molar-refractivity contribution in [3.8, 4) is 10.4 Å². The van der Waals surface area contributed by atoms with Crippen LogP contribution in [-0.2, 0) is 20.9 Å². The molecule has 0 spiro atoms. The zero-order valence-electron chi connectivity index (χ0n) is 16.0. The highest BCUT2D eigenvalue weighted by molar-refractivity contribution is 7.18. The first kappa shape index (κ1) is 20.2. The highest BCUT2D eigenvalue weighted by Crippen LogP contribution is 2.33. The predicted molar refractivity (Wildman–Crippen MR) is 111 cm³/mol. The second-order valence-electron chi connectivity index (χ2n) is 7.36. The van der Waals surface area contributed by atoms with Gasteiger partial charge < -0.3 is 10.1 Å². The van der Waals surface area contributed by atoms with Crippen LogP contribution in [0.15, 0.2) is 34.0 Å². The summed E-state index contributed by atoms with van der Waals surface area (Å²) in [6.07, 6.45) is 0.377. The second-order valence-corrected chi connectivity index (χ2v) is 9.16. The van der Waals surface area contributed by atoms with Gasteiger partial charge in [0.05, 0.1) is 11.7 Å². The Hall–Kier alpha value is -2.52. The van der Waals surface area contributed by atoms with Crippen LogP contribution in [0, 0.1) is 0 Å². The number of thiophene rings is 2. The van der Waals surface area contributed by atoms with Gasteiger partial charge in [-0.2, -0.15) is 0 Å². The fourth-order valence-electron chi connectivity index (χ4n) is 2.59. The molecule has 0 bridgehead atoms. The predicted octanol–water partition coefficient (Wildman–Crippen LogP) is 3.03. The van der Waals surface area contributed by atoms with E-state index in [-0.39, 0.29) is 18.0 Å². The van der Waals surface area contributed by atoms with Crippen LogP contribution in [0.2, 0.25) is 0 Å². The molecular weight excluding hydrogens is 398 g/mol. The molecule has 1 amide bonds. The molecule has 0 aliphatic heterocycles. The Bertz CT molecular complexity index is 1060. The second kappa shape index (κ2) is 7.84. The number of amides is 1. The quantitative estimate of drug-likeness (QED) is 0.642. The summed E-state index contributed by atoms with van der Waals surface area (Å²) in [5, 5.41) is 7.07. The summed E-state index contributed by atoms with van der Waals surface area (Å²) in [7, 11) is 0. The van der Waals surface area contributed by atoms with E-state index in [2.05, 4.69) is 10.3 Å². The topological polar surface area (TPSA) is 90.3 Å². The van der Waals surface area contributed by atoms with E-state index in [9.17, 15) is 14.4 Å². The first-order valence-electron chi connectivity index (χ1n) is 8.68. The first-order valence-corrected chi connectivity index (χ1v) is 10.4. The molecule has 1 N–H and O–H groups in total. The molecule has 3 heterocycles. The Kier molecular flexibility index (Phi) is 5.66. The van der Waals surface area contributed by atoms with Crippen molar-refractivity contribution < 1.29 is 14.3 Å². The fraction of sp³-hybridized carbons (Fsp3) is 0.368. The van der Waals surface area contributed by atoms with E-state index in [1.807, 2.05) is 43.7 Å². The number of fused-ring (bicyclic) bond motifs is 1. The fourth-order valence-corrected chi connectivity index (χ4v) is 4.31. The third-order valence-corrected chi connectivity index (χ3v) is 5.61. The monoisotopic (exact) mass is 419 g/mol. The highest BCUT2D eigenvalue weighted by Gasteiger charge is 2.23. The first-order chi connectivity index (χ1) is 13.2. The molecule has 7 nitrogen and oxygen atoms in total. The summed E-state index contributed by atoms with van der Waals surface area (Å²) < 4.78 is 6.39. The van der Waals surface area contributed by atoms with Crippen LogP contribution in [0.5, 0.6) is 0 Å². The van der Waals surface area contributed by atoms with Crippen molar-refractivity contribution in [1.29, 1.82) is 0 Å². The summed E-state index contributed by atoms with van der Waals surface area (Å²) in [5.74, 6) is -1.06. The molecule has 9 heteroatoms. The van der Waals surface area contributed by atoms with Crippen molar-refractivity contribution in [2.45, 2.75) is 45.9 Å². The molecule has 0 radical (unpaired) electrons. The number of carbonyl (C=O) groups is 2. The number of nitrogens with zero attached hydrogens (tertiary/aromatic N) is 2. The lowest BCUT2D eigenvalue weighted by Gasteiger charge is -2.23. The minimum absolute atomic E-state index is 0.307. The van der Waals surface area contributed by atoms with E-state index >= 15 is 0 Å². The number of hydrogen-bond acceptors (Lipinski definition) is 7. The van der Waals surface area contributed by atoms with Gasteiger partial charge in [-0.25, -0.2) is 4.98 Å². The Morgan fingerprint density at radius 2 is 2.07 bits per heavy atom. The molecule has 1 unspecified atom stereocenters. The standard InChI is InChI=1S/C19H21N3O4S2/c1-11(16(24)21-19(2,3)4)26-14(23)8-22-10-20-17-15(18(22)25)12(9-28-17)13-6-5-7-27-13/h5-7,9-11H,8H2,1-4H3,(H,21,24). The molecule has 0 fully saturated rings. The van der Waals surface area contributed by atoms with Gasteiger partial charge in [0.25, 0.3) is 11.5 Å². The number of nitrogens with one attached hydrogen (secondary N) is 1. The van der Waals surface area contributed by atoms with E-state index in [1.165, 1.54) is 40.5 Å². The average Bonchev–Trinajstić information content (AvgIpc) is 3.24. The van der Waals surface area contributed by atoms with Crippen LogP contribution in [0.25, 0.3) is 20.7 Å². The molecule has 28 heavy (non-hydrogen) atoms. The molecule has 3 rings (SSSR count). The molecule has 0 aromatic carbocycles. The number of hydrogen-bond donors (Lipinski definition) is 1. The maximum absolute atomic E-state index is 12.9. The van der Waals surface area contributed by atoms with Crippen LogP contribution in [0.3, 0.4) is 0 Å². The number of esters is 1. The largest absolute Gasteiger partial charge is 0.451 e. The molecule has 3 aromatic heterocycles. The van der Waals surface area contributed by atoms with Crippen LogP contribution < -0.4 is 10.9 Å². The summed E-state index contributed by atoms with van der Waals surface area (Å²) in [6, 6.07) is 3.85. The lowest BCUT2D eigenvalue weighted by atomic mass is 10.1. The molecule has 0 aliphatic rings. The highest BCUT2D eigenvalue weighted by atomic mass is 32.1. The number of aromatic nitrogens is 2. The lowest BCUT2D eigenvalue weighted by Crippen LogP contribution is -2.46. The molecular formula is C19H21N3O4S2. The van der Waals surface area contributed by atoms with Gasteiger partial charge in [-0.15, -0.1) is 22.7 Å². The van der Waals surface area contributed by atoms with E-state index < -0.39 is 17.6 Å². The van der Waals surface area contributed by atoms with Crippen molar-refractivity contribution in [2.75, 3.05) is 0 Å². The Balaban J connectivity index is 1.78. The van der Waals surface area contributed by atoms with Crippen LogP contribution in [0.1, 0.15) is 27.7 Å². The van der Waals surface area contributed by atoms with Crippen molar-refractivity contribution in [3.63, 3.8) is 0 Å². The SMILES string of the molecule is CC(OC(=O)Cn1cnc2scc(-c3cccs3)c2c1=O)C(=O)NC(C)(C)C. The average molecular weight is 420 g/mol. The minimum Gasteiger partial charge on any atom is -0.451 e. The van der Waals surface area contributed by atoms with Crippen molar-refractivity contribution in [3.05, 3.63) is 39.6 Å².